The molecule has 0 radical (unpaired) electrons. The SMILES string of the molecule is CCCC(NCC)C(CC)N1CCCCCCC1. The van der Waals surface area contributed by atoms with E-state index in [0.29, 0.717) is 6.04 Å². The minimum atomic E-state index is 0.699. The van der Waals surface area contributed by atoms with Gasteiger partial charge in [0.25, 0.3) is 0 Å². The third-order valence-corrected chi connectivity index (χ3v) is 4.31. The number of likely N-dealkylation sites (tertiary alicyclic amines) is 1. The van der Waals surface area contributed by atoms with Crippen molar-refractivity contribution in [2.75, 3.05) is 19.6 Å². The van der Waals surface area contributed by atoms with Crippen LogP contribution in [0.4, 0.5) is 0 Å². The topological polar surface area (TPSA) is 15.3 Å². The van der Waals surface area contributed by atoms with Crippen LogP contribution >= 0.6 is 0 Å². The quantitative estimate of drug-likeness (QED) is 0.743. The van der Waals surface area contributed by atoms with E-state index in [1.807, 2.05) is 0 Å². The van der Waals surface area contributed by atoms with Gasteiger partial charge in [-0.3, -0.25) is 4.90 Å². The first-order valence-corrected chi connectivity index (χ1v) is 8.30. The van der Waals surface area contributed by atoms with Gasteiger partial charge in [0, 0.05) is 12.1 Å². The fourth-order valence-corrected chi connectivity index (χ4v) is 3.40. The molecule has 18 heavy (non-hydrogen) atoms. The third-order valence-electron chi connectivity index (χ3n) is 4.31. The standard InChI is InChI=1S/C16H34N2/c1-4-12-15(17-6-3)16(5-2)18-13-10-8-7-9-11-14-18/h15-17H,4-14H2,1-3H3. The molecule has 0 spiro atoms. The summed E-state index contributed by atoms with van der Waals surface area (Å²) >= 11 is 0. The van der Waals surface area contributed by atoms with Crippen LogP contribution in [0.3, 0.4) is 0 Å². The lowest BCUT2D eigenvalue weighted by Gasteiger charge is -2.38. The zero-order chi connectivity index (χ0) is 13.2. The summed E-state index contributed by atoms with van der Waals surface area (Å²) in [6.45, 7) is 10.7. The zero-order valence-electron chi connectivity index (χ0n) is 12.9. The van der Waals surface area contributed by atoms with Crippen LogP contribution in [0.1, 0.15) is 72.1 Å². The fraction of sp³-hybridized carbons (Fsp3) is 1.00. The van der Waals surface area contributed by atoms with Crippen LogP contribution in [-0.4, -0.2) is 36.6 Å². The average molecular weight is 254 g/mol. The van der Waals surface area contributed by atoms with E-state index >= 15 is 0 Å². The number of rotatable bonds is 7. The van der Waals surface area contributed by atoms with Crippen molar-refractivity contribution in [1.29, 1.82) is 0 Å². The minimum Gasteiger partial charge on any atom is -0.313 e. The van der Waals surface area contributed by atoms with Crippen molar-refractivity contribution in [3.8, 4) is 0 Å². The first kappa shape index (κ1) is 16.0. The monoisotopic (exact) mass is 254 g/mol. The first-order valence-electron chi connectivity index (χ1n) is 8.30. The Kier molecular flexibility index (Phi) is 8.70. The second-order valence-corrected chi connectivity index (χ2v) is 5.73. The van der Waals surface area contributed by atoms with E-state index in [2.05, 4.69) is 31.0 Å². The Hall–Kier alpha value is -0.0800. The minimum absolute atomic E-state index is 0.699. The van der Waals surface area contributed by atoms with E-state index < -0.39 is 0 Å². The molecule has 1 heterocycles. The summed E-state index contributed by atoms with van der Waals surface area (Å²) in [6, 6.07) is 1.45. The second-order valence-electron chi connectivity index (χ2n) is 5.73. The third kappa shape index (κ3) is 5.27. The molecule has 1 saturated heterocycles. The molecule has 1 fully saturated rings. The smallest absolute Gasteiger partial charge is 0.0246 e. The van der Waals surface area contributed by atoms with Crippen LogP contribution in [0.15, 0.2) is 0 Å². The summed E-state index contributed by atoms with van der Waals surface area (Å²) < 4.78 is 0. The summed E-state index contributed by atoms with van der Waals surface area (Å²) in [4.78, 5) is 2.78. The lowest BCUT2D eigenvalue weighted by molar-refractivity contribution is 0.135. The molecule has 2 heteroatoms. The second kappa shape index (κ2) is 9.80. The van der Waals surface area contributed by atoms with Crippen molar-refractivity contribution in [2.24, 2.45) is 0 Å². The van der Waals surface area contributed by atoms with Crippen LogP contribution in [0.2, 0.25) is 0 Å². The van der Waals surface area contributed by atoms with Crippen LogP contribution in [-0.2, 0) is 0 Å². The van der Waals surface area contributed by atoms with E-state index in [0.717, 1.165) is 12.6 Å². The maximum atomic E-state index is 3.73. The number of nitrogens with zero attached hydrogens (tertiary/aromatic N) is 1. The number of hydrogen-bond acceptors (Lipinski definition) is 2. The van der Waals surface area contributed by atoms with Crippen molar-refractivity contribution >= 4 is 0 Å². The molecule has 0 aliphatic carbocycles. The van der Waals surface area contributed by atoms with Crippen molar-refractivity contribution in [2.45, 2.75) is 84.2 Å². The predicted molar refractivity (Wildman–Crippen MR) is 81.1 cm³/mol. The lowest BCUT2D eigenvalue weighted by Crippen LogP contribution is -2.50. The van der Waals surface area contributed by atoms with Gasteiger partial charge in [0.1, 0.15) is 0 Å². The van der Waals surface area contributed by atoms with Crippen LogP contribution in [0.25, 0.3) is 0 Å². The Morgan fingerprint density at radius 2 is 1.56 bits per heavy atom. The number of likely N-dealkylation sites (N-methyl/N-ethyl adjacent to an activating group) is 1. The average Bonchev–Trinajstić information content (AvgIpc) is 2.32. The van der Waals surface area contributed by atoms with Crippen LogP contribution < -0.4 is 5.32 Å². The van der Waals surface area contributed by atoms with Crippen molar-refractivity contribution in [3.63, 3.8) is 0 Å². The van der Waals surface area contributed by atoms with Gasteiger partial charge in [0.05, 0.1) is 0 Å². The molecule has 2 unspecified atom stereocenters. The molecule has 0 amide bonds. The van der Waals surface area contributed by atoms with Crippen molar-refractivity contribution < 1.29 is 0 Å². The zero-order valence-corrected chi connectivity index (χ0v) is 12.9. The van der Waals surface area contributed by atoms with E-state index in [1.54, 1.807) is 0 Å². The van der Waals surface area contributed by atoms with Gasteiger partial charge in [-0.1, -0.05) is 46.5 Å². The highest BCUT2D eigenvalue weighted by Crippen LogP contribution is 2.18. The molecule has 1 aliphatic rings. The van der Waals surface area contributed by atoms with Crippen molar-refractivity contribution in [1.82, 2.24) is 10.2 Å². The van der Waals surface area contributed by atoms with Gasteiger partial charge in [-0.15, -0.1) is 0 Å². The molecule has 0 saturated carbocycles. The molecule has 0 bridgehead atoms. The van der Waals surface area contributed by atoms with Crippen molar-refractivity contribution in [3.05, 3.63) is 0 Å². The Balaban J connectivity index is 2.58. The van der Waals surface area contributed by atoms with Gasteiger partial charge in [-0.25, -0.2) is 0 Å². The molecule has 0 aromatic carbocycles. The summed E-state index contributed by atoms with van der Waals surface area (Å²) in [5.41, 5.74) is 0. The molecule has 0 aromatic rings. The van der Waals surface area contributed by atoms with E-state index in [1.165, 1.54) is 64.5 Å². The van der Waals surface area contributed by atoms with Gasteiger partial charge >= 0.3 is 0 Å². The molecular formula is C16H34N2. The predicted octanol–water partition coefficient (Wildman–Crippen LogP) is 3.81. The highest BCUT2D eigenvalue weighted by Gasteiger charge is 2.24. The lowest BCUT2D eigenvalue weighted by atomic mass is 9.97. The van der Waals surface area contributed by atoms with Gasteiger partial charge in [-0.2, -0.15) is 0 Å². The number of nitrogens with one attached hydrogen (secondary N) is 1. The summed E-state index contributed by atoms with van der Waals surface area (Å²) in [5.74, 6) is 0. The Bertz CT molecular complexity index is 180. The molecule has 1 rings (SSSR count). The van der Waals surface area contributed by atoms with Crippen LogP contribution in [0, 0.1) is 0 Å². The van der Waals surface area contributed by atoms with Gasteiger partial charge < -0.3 is 5.32 Å². The largest absolute Gasteiger partial charge is 0.313 e. The maximum Gasteiger partial charge on any atom is 0.0246 e. The van der Waals surface area contributed by atoms with E-state index in [9.17, 15) is 0 Å². The molecule has 2 nitrogen and oxygen atoms in total. The molecule has 2 atom stereocenters. The van der Waals surface area contributed by atoms with Gasteiger partial charge in [0.2, 0.25) is 0 Å². The fourth-order valence-electron chi connectivity index (χ4n) is 3.40. The van der Waals surface area contributed by atoms with Gasteiger partial charge in [0.15, 0.2) is 0 Å². The molecule has 0 aromatic heterocycles. The molecule has 1 aliphatic heterocycles. The highest BCUT2D eigenvalue weighted by atomic mass is 15.2. The number of hydrogen-bond donors (Lipinski definition) is 1. The first-order chi connectivity index (χ1) is 8.83. The summed E-state index contributed by atoms with van der Waals surface area (Å²) in [7, 11) is 0. The summed E-state index contributed by atoms with van der Waals surface area (Å²) in [6.07, 6.45) is 11.0. The maximum absolute atomic E-state index is 3.73. The highest BCUT2D eigenvalue weighted by molar-refractivity contribution is 4.84. The molecule has 108 valence electrons. The molecular weight excluding hydrogens is 220 g/mol. The van der Waals surface area contributed by atoms with E-state index in [-0.39, 0.29) is 0 Å². The van der Waals surface area contributed by atoms with Crippen LogP contribution in [0.5, 0.6) is 0 Å². The van der Waals surface area contributed by atoms with Gasteiger partial charge in [-0.05, 0) is 45.3 Å². The normalized spacial score (nSPS) is 22.2. The summed E-state index contributed by atoms with van der Waals surface area (Å²) in [5, 5.41) is 3.73. The Morgan fingerprint density at radius 1 is 0.944 bits per heavy atom. The Labute approximate surface area is 115 Å². The molecule has 1 N–H and O–H groups in total. The van der Waals surface area contributed by atoms with E-state index in [4.69, 9.17) is 0 Å². The Morgan fingerprint density at radius 3 is 2.06 bits per heavy atom.